The van der Waals surface area contributed by atoms with Crippen LogP contribution < -0.4 is 0 Å². The number of hydrogen-bond acceptors (Lipinski definition) is 3. The third-order valence-corrected chi connectivity index (χ3v) is 4.54. The lowest BCUT2D eigenvalue weighted by molar-refractivity contribution is 0.635. The summed E-state index contributed by atoms with van der Waals surface area (Å²) in [6.07, 6.45) is 3.78. The smallest absolute Gasteiger partial charge is 0.192 e. The van der Waals surface area contributed by atoms with Crippen LogP contribution in [0.3, 0.4) is 0 Å². The maximum Gasteiger partial charge on any atom is 0.192 e. The van der Waals surface area contributed by atoms with Crippen LogP contribution in [0.1, 0.15) is 5.50 Å². The largest absolute Gasteiger partial charge is 0.256 e. The van der Waals surface area contributed by atoms with Gasteiger partial charge in [0.1, 0.15) is 0 Å². The molecule has 0 N–H and O–H groups in total. The second kappa shape index (κ2) is 6.26. The Morgan fingerprint density at radius 3 is 2.22 bits per heavy atom. The number of aromatic nitrogens is 2. The van der Waals surface area contributed by atoms with Crippen molar-refractivity contribution in [3.8, 4) is 22.5 Å². The van der Waals surface area contributed by atoms with E-state index in [9.17, 15) is 0 Å². The molecule has 1 unspecified atom stereocenters. The number of benzene rings is 2. The molecule has 1 aliphatic rings. The molecular formula is C19H15N3S. The molecule has 0 spiro atoms. The summed E-state index contributed by atoms with van der Waals surface area (Å²) in [6, 6.07) is 22.7. The van der Waals surface area contributed by atoms with Gasteiger partial charge in [-0.2, -0.15) is 5.10 Å². The second-order valence-corrected chi connectivity index (χ2v) is 6.15. The minimum absolute atomic E-state index is 0.0623. The molecule has 2 heterocycles. The molecule has 0 bridgehead atoms. The Morgan fingerprint density at radius 1 is 0.870 bits per heavy atom. The fourth-order valence-electron chi connectivity index (χ4n) is 2.57. The molecule has 0 saturated heterocycles. The van der Waals surface area contributed by atoms with Crippen molar-refractivity contribution in [1.29, 1.82) is 0 Å². The minimum Gasteiger partial charge on any atom is -0.256 e. The van der Waals surface area contributed by atoms with Crippen molar-refractivity contribution in [1.82, 2.24) is 9.78 Å². The highest BCUT2D eigenvalue weighted by molar-refractivity contribution is 8.02. The first-order chi connectivity index (χ1) is 11.4. The van der Waals surface area contributed by atoms with Gasteiger partial charge in [-0.1, -0.05) is 72.4 Å². The van der Waals surface area contributed by atoms with Crippen molar-refractivity contribution in [2.24, 2.45) is 4.99 Å². The molecule has 4 heteroatoms. The van der Waals surface area contributed by atoms with E-state index in [1.54, 1.807) is 11.8 Å². The first-order valence-corrected chi connectivity index (χ1v) is 8.40. The summed E-state index contributed by atoms with van der Waals surface area (Å²) in [5, 5.41) is 6.88. The molecule has 0 amide bonds. The van der Waals surface area contributed by atoms with Crippen LogP contribution in [-0.4, -0.2) is 16.0 Å². The highest BCUT2D eigenvalue weighted by Gasteiger charge is 2.18. The SMILES string of the molecule is C1=CSC(n2nc(-c3ccccc3)cc2-c2ccccc2)N=C1. The summed E-state index contributed by atoms with van der Waals surface area (Å²) >= 11 is 1.66. The number of rotatable bonds is 3. The molecule has 1 atom stereocenters. The first kappa shape index (κ1) is 14.0. The first-order valence-electron chi connectivity index (χ1n) is 7.46. The molecule has 0 fully saturated rings. The van der Waals surface area contributed by atoms with E-state index in [2.05, 4.69) is 40.7 Å². The lowest BCUT2D eigenvalue weighted by atomic mass is 10.1. The minimum atomic E-state index is -0.0623. The van der Waals surface area contributed by atoms with Crippen molar-refractivity contribution < 1.29 is 0 Å². The lowest BCUT2D eigenvalue weighted by Crippen LogP contribution is -2.07. The normalized spacial score (nSPS) is 16.6. The third-order valence-electron chi connectivity index (χ3n) is 3.66. The van der Waals surface area contributed by atoms with Crippen molar-refractivity contribution in [2.45, 2.75) is 5.50 Å². The Kier molecular flexibility index (Phi) is 3.82. The van der Waals surface area contributed by atoms with E-state index in [1.807, 2.05) is 53.4 Å². The zero-order chi connectivity index (χ0) is 15.5. The van der Waals surface area contributed by atoms with Crippen LogP contribution in [0.2, 0.25) is 0 Å². The van der Waals surface area contributed by atoms with E-state index in [4.69, 9.17) is 5.10 Å². The van der Waals surface area contributed by atoms with Crippen molar-refractivity contribution in [3.05, 3.63) is 78.2 Å². The maximum absolute atomic E-state index is 4.83. The van der Waals surface area contributed by atoms with Crippen LogP contribution in [-0.2, 0) is 0 Å². The maximum atomic E-state index is 4.83. The summed E-state index contributed by atoms with van der Waals surface area (Å²) in [4.78, 5) is 4.54. The van der Waals surface area contributed by atoms with E-state index in [-0.39, 0.29) is 5.50 Å². The molecule has 2 aromatic carbocycles. The molecule has 4 rings (SSSR count). The van der Waals surface area contributed by atoms with E-state index in [0.29, 0.717) is 0 Å². The van der Waals surface area contributed by atoms with Gasteiger partial charge in [-0.15, -0.1) is 0 Å². The number of thioether (sulfide) groups is 1. The average Bonchev–Trinajstić information content (AvgIpc) is 3.09. The highest BCUT2D eigenvalue weighted by Crippen LogP contribution is 2.34. The number of allylic oxidation sites excluding steroid dienone is 1. The number of aliphatic imine (C=N–C) groups is 1. The van der Waals surface area contributed by atoms with Gasteiger partial charge in [0.25, 0.3) is 0 Å². The summed E-state index contributed by atoms with van der Waals surface area (Å²) in [6.45, 7) is 0. The van der Waals surface area contributed by atoms with Gasteiger partial charge in [0, 0.05) is 11.8 Å². The predicted octanol–water partition coefficient (Wildman–Crippen LogP) is 5.00. The molecular weight excluding hydrogens is 302 g/mol. The van der Waals surface area contributed by atoms with Crippen LogP contribution >= 0.6 is 11.8 Å². The Hall–Kier alpha value is -2.59. The number of nitrogens with zero attached hydrogens (tertiary/aromatic N) is 3. The van der Waals surface area contributed by atoms with Crippen LogP contribution in [0, 0.1) is 0 Å². The fraction of sp³-hybridized carbons (Fsp3) is 0.0526. The zero-order valence-corrected chi connectivity index (χ0v) is 13.2. The van der Waals surface area contributed by atoms with Gasteiger partial charge in [0.15, 0.2) is 5.50 Å². The van der Waals surface area contributed by atoms with Gasteiger partial charge in [0.2, 0.25) is 0 Å². The zero-order valence-electron chi connectivity index (χ0n) is 12.4. The van der Waals surface area contributed by atoms with Crippen LogP contribution in [0.25, 0.3) is 22.5 Å². The lowest BCUT2D eigenvalue weighted by Gasteiger charge is -2.15. The van der Waals surface area contributed by atoms with Gasteiger partial charge in [-0.3, -0.25) is 4.99 Å². The molecule has 0 radical (unpaired) electrons. The van der Waals surface area contributed by atoms with Gasteiger partial charge in [-0.05, 0) is 23.1 Å². The summed E-state index contributed by atoms with van der Waals surface area (Å²) in [5.74, 6) is 0. The Bertz CT molecular complexity index is 851. The molecule has 112 valence electrons. The molecule has 1 aliphatic heterocycles. The molecule has 3 aromatic rings. The van der Waals surface area contributed by atoms with Gasteiger partial charge in [-0.25, -0.2) is 4.68 Å². The van der Waals surface area contributed by atoms with Crippen LogP contribution in [0.15, 0.2) is 83.2 Å². The second-order valence-electron chi connectivity index (χ2n) is 5.18. The van der Waals surface area contributed by atoms with Gasteiger partial charge < -0.3 is 0 Å². The van der Waals surface area contributed by atoms with E-state index >= 15 is 0 Å². The van der Waals surface area contributed by atoms with Crippen LogP contribution in [0.4, 0.5) is 0 Å². The molecule has 23 heavy (non-hydrogen) atoms. The van der Waals surface area contributed by atoms with E-state index in [0.717, 1.165) is 22.5 Å². The standard InChI is InChI=1S/C19H15N3S/c1-3-8-15(9-4-1)17-14-18(16-10-5-2-6-11-16)22(21-17)19-20-12-7-13-23-19/h1-14,19H. The fourth-order valence-corrected chi connectivity index (χ4v) is 3.29. The van der Waals surface area contributed by atoms with E-state index in [1.165, 1.54) is 0 Å². The summed E-state index contributed by atoms with van der Waals surface area (Å²) in [7, 11) is 0. The van der Waals surface area contributed by atoms with Crippen molar-refractivity contribution in [2.75, 3.05) is 0 Å². The topological polar surface area (TPSA) is 30.2 Å². The quantitative estimate of drug-likeness (QED) is 0.680. The Balaban J connectivity index is 1.84. The van der Waals surface area contributed by atoms with Crippen LogP contribution in [0.5, 0.6) is 0 Å². The van der Waals surface area contributed by atoms with Crippen molar-refractivity contribution >= 4 is 18.0 Å². The molecule has 1 aromatic heterocycles. The monoisotopic (exact) mass is 317 g/mol. The predicted molar refractivity (Wildman–Crippen MR) is 97.4 cm³/mol. The summed E-state index contributed by atoms with van der Waals surface area (Å²) < 4.78 is 2.00. The molecule has 0 saturated carbocycles. The summed E-state index contributed by atoms with van der Waals surface area (Å²) in [5.41, 5.74) is 4.24. The third kappa shape index (κ3) is 2.85. The van der Waals surface area contributed by atoms with Crippen molar-refractivity contribution in [3.63, 3.8) is 0 Å². The Morgan fingerprint density at radius 2 is 1.57 bits per heavy atom. The van der Waals surface area contributed by atoms with E-state index < -0.39 is 0 Å². The Labute approximate surface area is 139 Å². The number of hydrogen-bond donors (Lipinski definition) is 0. The molecule has 0 aliphatic carbocycles. The molecule has 3 nitrogen and oxygen atoms in total. The van der Waals surface area contributed by atoms with Gasteiger partial charge in [0.05, 0.1) is 11.4 Å². The average molecular weight is 317 g/mol. The highest BCUT2D eigenvalue weighted by atomic mass is 32.2. The van der Waals surface area contributed by atoms with Gasteiger partial charge >= 0.3 is 0 Å².